The van der Waals surface area contributed by atoms with Gasteiger partial charge in [0.1, 0.15) is 17.2 Å². The molecule has 2 heterocycles. The lowest BCUT2D eigenvalue weighted by Crippen LogP contribution is -2.14. The van der Waals surface area contributed by atoms with Crippen LogP contribution in [0.15, 0.2) is 97.5 Å². The monoisotopic (exact) mass is 396 g/mol. The van der Waals surface area contributed by atoms with Crippen LogP contribution in [0.2, 0.25) is 0 Å². The summed E-state index contributed by atoms with van der Waals surface area (Å²) in [5.74, 6) is 1.17. The van der Waals surface area contributed by atoms with Crippen LogP contribution < -0.4 is 15.4 Å². The molecule has 30 heavy (non-hydrogen) atoms. The maximum Gasteiger partial charge on any atom is 0.274 e. The smallest absolute Gasteiger partial charge is 0.274 e. The van der Waals surface area contributed by atoms with Gasteiger partial charge >= 0.3 is 0 Å². The molecule has 0 atom stereocenters. The number of hydrogen-bond acceptors (Lipinski definition) is 5. The normalized spacial score (nSPS) is 10.3. The molecule has 0 unspecified atom stereocenters. The van der Waals surface area contributed by atoms with Gasteiger partial charge in [0.2, 0.25) is 0 Å². The minimum absolute atomic E-state index is 0.281. The van der Waals surface area contributed by atoms with Crippen molar-refractivity contribution in [1.82, 2.24) is 9.97 Å². The number of pyridine rings is 2. The highest BCUT2D eigenvalue weighted by atomic mass is 16.5. The molecule has 0 fully saturated rings. The summed E-state index contributed by atoms with van der Waals surface area (Å²) in [6.07, 6.45) is 5.14. The van der Waals surface area contributed by atoms with Gasteiger partial charge in [-0.2, -0.15) is 0 Å². The van der Waals surface area contributed by atoms with E-state index in [0.29, 0.717) is 23.7 Å². The highest BCUT2D eigenvalue weighted by Gasteiger charge is 2.09. The fourth-order valence-electron chi connectivity index (χ4n) is 2.80. The molecule has 2 N–H and O–H groups in total. The van der Waals surface area contributed by atoms with E-state index in [0.717, 1.165) is 17.0 Å². The van der Waals surface area contributed by atoms with Gasteiger partial charge in [-0.25, -0.2) is 0 Å². The lowest BCUT2D eigenvalue weighted by Gasteiger charge is -2.09. The predicted octanol–water partition coefficient (Wildman–Crippen LogP) is 5.13. The largest absolute Gasteiger partial charge is 0.457 e. The second-order valence-corrected chi connectivity index (χ2v) is 6.54. The summed E-state index contributed by atoms with van der Waals surface area (Å²) in [5, 5.41) is 6.13. The summed E-state index contributed by atoms with van der Waals surface area (Å²) in [6, 6.07) is 24.1. The van der Waals surface area contributed by atoms with Crippen LogP contribution in [-0.2, 0) is 6.54 Å². The third kappa shape index (κ3) is 5.20. The lowest BCUT2D eigenvalue weighted by molar-refractivity contribution is 0.102. The van der Waals surface area contributed by atoms with E-state index in [1.54, 1.807) is 36.8 Å². The summed E-state index contributed by atoms with van der Waals surface area (Å²) >= 11 is 0. The quantitative estimate of drug-likeness (QED) is 0.453. The molecule has 4 aromatic rings. The van der Waals surface area contributed by atoms with E-state index in [-0.39, 0.29) is 5.91 Å². The van der Waals surface area contributed by atoms with E-state index in [2.05, 4.69) is 20.6 Å². The summed E-state index contributed by atoms with van der Waals surface area (Å²) in [5.41, 5.74) is 2.86. The Kier molecular flexibility index (Phi) is 5.96. The van der Waals surface area contributed by atoms with Crippen LogP contribution in [0.3, 0.4) is 0 Å². The molecule has 1 amide bonds. The van der Waals surface area contributed by atoms with Crippen LogP contribution in [0.5, 0.6) is 11.5 Å². The van der Waals surface area contributed by atoms with E-state index < -0.39 is 0 Å². The first-order valence-electron chi connectivity index (χ1n) is 9.49. The SMILES string of the molecule is O=C(Nc1ccc(Oc2ccccc2)cc1)c1cc(NCc2cccnc2)ccn1. The van der Waals surface area contributed by atoms with Crippen LogP contribution in [-0.4, -0.2) is 15.9 Å². The van der Waals surface area contributed by atoms with Crippen molar-refractivity contribution in [3.8, 4) is 11.5 Å². The van der Waals surface area contributed by atoms with Gasteiger partial charge in [0.15, 0.2) is 0 Å². The number of aromatic nitrogens is 2. The molecular formula is C24H20N4O2. The fraction of sp³-hybridized carbons (Fsp3) is 0.0417. The standard InChI is InChI=1S/C24H20N4O2/c29-24(23-15-20(12-14-26-23)27-17-18-5-4-13-25-16-18)28-19-8-10-22(11-9-19)30-21-6-2-1-3-7-21/h1-16H,17H2,(H,26,27)(H,28,29). The molecule has 0 saturated heterocycles. The van der Waals surface area contributed by atoms with E-state index >= 15 is 0 Å². The zero-order valence-corrected chi connectivity index (χ0v) is 16.2. The van der Waals surface area contributed by atoms with Crippen molar-refractivity contribution in [3.63, 3.8) is 0 Å². The van der Waals surface area contributed by atoms with Crippen molar-refractivity contribution in [2.75, 3.05) is 10.6 Å². The number of nitrogens with one attached hydrogen (secondary N) is 2. The van der Waals surface area contributed by atoms with Gasteiger partial charge in [-0.15, -0.1) is 0 Å². The number of anilines is 2. The number of carbonyl (C=O) groups is 1. The zero-order chi connectivity index (χ0) is 20.6. The second kappa shape index (κ2) is 9.34. The number of ether oxygens (including phenoxy) is 1. The first-order valence-corrected chi connectivity index (χ1v) is 9.49. The zero-order valence-electron chi connectivity index (χ0n) is 16.2. The lowest BCUT2D eigenvalue weighted by atomic mass is 10.2. The molecule has 148 valence electrons. The third-order valence-electron chi connectivity index (χ3n) is 4.30. The number of amides is 1. The summed E-state index contributed by atoms with van der Waals surface area (Å²) in [7, 11) is 0. The predicted molar refractivity (Wildman–Crippen MR) is 117 cm³/mol. The highest BCUT2D eigenvalue weighted by molar-refractivity contribution is 6.03. The molecule has 0 radical (unpaired) electrons. The van der Waals surface area contributed by atoms with Crippen molar-refractivity contribution in [2.24, 2.45) is 0 Å². The second-order valence-electron chi connectivity index (χ2n) is 6.54. The van der Waals surface area contributed by atoms with Crippen molar-refractivity contribution in [3.05, 3.63) is 109 Å². The van der Waals surface area contributed by atoms with E-state index in [4.69, 9.17) is 4.74 Å². The Morgan fingerprint density at radius 3 is 2.40 bits per heavy atom. The molecule has 0 aliphatic heterocycles. The molecule has 0 aliphatic rings. The average molecular weight is 396 g/mol. The first-order chi connectivity index (χ1) is 14.8. The summed E-state index contributed by atoms with van der Waals surface area (Å²) in [6.45, 7) is 0.613. The van der Waals surface area contributed by atoms with Crippen molar-refractivity contribution in [1.29, 1.82) is 0 Å². The molecule has 4 rings (SSSR count). The number of nitrogens with zero attached hydrogens (tertiary/aromatic N) is 2. The van der Waals surface area contributed by atoms with Crippen LogP contribution in [0, 0.1) is 0 Å². The van der Waals surface area contributed by atoms with Crippen molar-refractivity contribution >= 4 is 17.3 Å². The van der Waals surface area contributed by atoms with E-state index in [1.165, 1.54) is 0 Å². The minimum atomic E-state index is -0.281. The van der Waals surface area contributed by atoms with Gasteiger partial charge in [-0.3, -0.25) is 14.8 Å². The van der Waals surface area contributed by atoms with Gasteiger partial charge in [0.05, 0.1) is 0 Å². The molecule has 0 saturated carbocycles. The number of benzene rings is 2. The minimum Gasteiger partial charge on any atom is -0.457 e. The molecule has 6 heteroatoms. The Morgan fingerprint density at radius 2 is 1.63 bits per heavy atom. The van der Waals surface area contributed by atoms with Crippen LogP contribution in [0.1, 0.15) is 16.1 Å². The molecule has 0 spiro atoms. The molecule has 0 aliphatic carbocycles. The van der Waals surface area contributed by atoms with Crippen LogP contribution in [0.25, 0.3) is 0 Å². The summed E-state index contributed by atoms with van der Waals surface area (Å²) in [4.78, 5) is 20.8. The Morgan fingerprint density at radius 1 is 0.833 bits per heavy atom. The Hall–Kier alpha value is -4.19. The molecule has 2 aromatic carbocycles. The highest BCUT2D eigenvalue weighted by Crippen LogP contribution is 2.23. The summed E-state index contributed by atoms with van der Waals surface area (Å²) < 4.78 is 5.76. The number of para-hydroxylation sites is 1. The van der Waals surface area contributed by atoms with Gasteiger partial charge in [-0.05, 0) is 60.2 Å². The van der Waals surface area contributed by atoms with Crippen LogP contribution >= 0.6 is 0 Å². The maximum atomic E-state index is 12.6. The third-order valence-corrected chi connectivity index (χ3v) is 4.30. The number of hydrogen-bond donors (Lipinski definition) is 2. The molecule has 0 bridgehead atoms. The Balaban J connectivity index is 1.36. The topological polar surface area (TPSA) is 76.1 Å². The van der Waals surface area contributed by atoms with Gasteiger partial charge in [-0.1, -0.05) is 24.3 Å². The van der Waals surface area contributed by atoms with Gasteiger partial charge in [0, 0.05) is 36.5 Å². The van der Waals surface area contributed by atoms with Gasteiger partial charge < -0.3 is 15.4 Å². The first kappa shape index (κ1) is 19.1. The maximum absolute atomic E-state index is 12.6. The Bertz CT molecular complexity index is 1100. The fourth-order valence-corrected chi connectivity index (χ4v) is 2.80. The van der Waals surface area contributed by atoms with Gasteiger partial charge in [0.25, 0.3) is 5.91 Å². The molecule has 6 nitrogen and oxygen atoms in total. The van der Waals surface area contributed by atoms with E-state index in [9.17, 15) is 4.79 Å². The Labute approximate surface area is 174 Å². The van der Waals surface area contributed by atoms with Crippen molar-refractivity contribution < 1.29 is 9.53 Å². The number of rotatable bonds is 7. The van der Waals surface area contributed by atoms with Crippen molar-refractivity contribution in [2.45, 2.75) is 6.54 Å². The van der Waals surface area contributed by atoms with Crippen LogP contribution in [0.4, 0.5) is 11.4 Å². The van der Waals surface area contributed by atoms with E-state index in [1.807, 2.05) is 60.7 Å². The number of carbonyl (C=O) groups excluding carboxylic acids is 1. The molecular weight excluding hydrogens is 376 g/mol. The molecule has 2 aromatic heterocycles. The average Bonchev–Trinajstić information content (AvgIpc) is 2.80.